The van der Waals surface area contributed by atoms with Crippen molar-refractivity contribution >= 4 is 22.5 Å². The summed E-state index contributed by atoms with van der Waals surface area (Å²) in [5.74, 6) is 0. The lowest BCUT2D eigenvalue weighted by Gasteiger charge is -2.23. The summed E-state index contributed by atoms with van der Waals surface area (Å²) in [6, 6.07) is -6.22. The van der Waals surface area contributed by atoms with Crippen LogP contribution in [0, 0.1) is 0 Å². The van der Waals surface area contributed by atoms with Crippen molar-refractivity contribution in [3.05, 3.63) is 5.01 Å². The van der Waals surface area contributed by atoms with Crippen molar-refractivity contribution in [2.24, 2.45) is 0 Å². The molecule has 1 rings (SSSR count). The average Bonchev–Trinajstić information content (AvgIpc) is 2.70. The maximum Gasteiger partial charge on any atom is 0.445 e. The first-order valence-electron chi connectivity index (χ1n) is 4.83. The summed E-state index contributed by atoms with van der Waals surface area (Å²) in [5.41, 5.74) is 0. The van der Waals surface area contributed by atoms with Crippen molar-refractivity contribution < 1.29 is 44.3 Å². The number of halogens is 9. The summed E-state index contributed by atoms with van der Waals surface area (Å²) in [7, 11) is 0. The van der Waals surface area contributed by atoms with E-state index in [1.807, 2.05) is 0 Å². The Morgan fingerprint density at radius 2 is 1.45 bits per heavy atom. The van der Waals surface area contributed by atoms with Gasteiger partial charge in [0.1, 0.15) is 0 Å². The lowest BCUT2D eigenvalue weighted by atomic mass is 10.3. The van der Waals surface area contributed by atoms with Gasteiger partial charge in [0.05, 0.1) is 0 Å². The van der Waals surface area contributed by atoms with E-state index in [1.165, 1.54) is 5.32 Å². The van der Waals surface area contributed by atoms with Crippen LogP contribution in [-0.4, -0.2) is 34.6 Å². The largest absolute Gasteiger partial charge is 0.445 e. The van der Waals surface area contributed by atoms with E-state index in [1.54, 1.807) is 0 Å². The van der Waals surface area contributed by atoms with Crippen molar-refractivity contribution in [2.45, 2.75) is 24.6 Å². The highest BCUT2D eigenvalue weighted by atomic mass is 32.1. The molecule has 5 nitrogen and oxygen atoms in total. The molecule has 126 valence electrons. The molecule has 0 atom stereocenters. The molecule has 1 aromatic heterocycles. The van der Waals surface area contributed by atoms with E-state index in [4.69, 9.17) is 0 Å². The summed E-state index contributed by atoms with van der Waals surface area (Å²) in [6.45, 7) is 0. The molecule has 1 heterocycles. The molecule has 0 fully saturated rings. The van der Waals surface area contributed by atoms with Crippen molar-refractivity contribution in [2.75, 3.05) is 5.32 Å². The first kappa shape index (κ1) is 18.2. The predicted octanol–water partition coefficient (Wildman–Crippen LogP) is 3.17. The molecule has 0 unspecified atom stereocenters. The van der Waals surface area contributed by atoms with E-state index < -0.39 is 40.7 Å². The number of hydrogen-bond donors (Lipinski definition) is 2. The fraction of sp³-hybridized carbons (Fsp3) is 0.571. The van der Waals surface area contributed by atoms with Gasteiger partial charge in [-0.15, -0.1) is 10.2 Å². The van der Waals surface area contributed by atoms with Crippen LogP contribution in [0.15, 0.2) is 0 Å². The number of carbonyl (C=O) groups is 1. The molecule has 0 bridgehead atoms. The highest BCUT2D eigenvalue weighted by Gasteiger charge is 2.57. The quantitative estimate of drug-likeness (QED) is 0.795. The van der Waals surface area contributed by atoms with Crippen LogP contribution in [0.3, 0.4) is 0 Å². The number of urea groups is 1. The monoisotopic (exact) mass is 362 g/mol. The number of carbonyl (C=O) groups excluding carboxylic acids is 1. The molecule has 0 aliphatic carbocycles. The number of nitrogens with one attached hydrogen (secondary N) is 2. The Balaban J connectivity index is 2.79. The molecule has 0 aromatic carbocycles. The fourth-order valence-electron chi connectivity index (χ4n) is 1.00. The Morgan fingerprint density at radius 1 is 0.955 bits per heavy atom. The van der Waals surface area contributed by atoms with Gasteiger partial charge in [-0.1, -0.05) is 11.3 Å². The van der Waals surface area contributed by atoms with Crippen LogP contribution >= 0.6 is 11.3 Å². The number of rotatable bonds is 2. The normalized spacial score (nSPS) is 13.4. The Morgan fingerprint density at radius 3 is 1.82 bits per heavy atom. The van der Waals surface area contributed by atoms with Crippen LogP contribution in [0.1, 0.15) is 5.01 Å². The van der Waals surface area contributed by atoms with Gasteiger partial charge in [-0.2, -0.15) is 39.5 Å². The molecule has 0 aliphatic rings. The van der Waals surface area contributed by atoms with Crippen molar-refractivity contribution in [3.8, 4) is 0 Å². The van der Waals surface area contributed by atoms with Crippen LogP contribution < -0.4 is 10.6 Å². The van der Waals surface area contributed by atoms with Gasteiger partial charge in [-0.25, -0.2) is 4.79 Å². The van der Waals surface area contributed by atoms with E-state index in [2.05, 4.69) is 10.2 Å². The maximum absolute atomic E-state index is 12.1. The zero-order valence-electron chi connectivity index (χ0n) is 9.69. The zero-order valence-corrected chi connectivity index (χ0v) is 10.5. The van der Waals surface area contributed by atoms with Crippen LogP contribution in [0.4, 0.5) is 49.4 Å². The van der Waals surface area contributed by atoms with Crippen molar-refractivity contribution in [1.29, 1.82) is 0 Å². The third kappa shape index (κ3) is 4.88. The Labute approximate surface area is 118 Å². The first-order chi connectivity index (χ1) is 9.71. The van der Waals surface area contributed by atoms with E-state index in [9.17, 15) is 44.3 Å². The number of anilines is 1. The average molecular weight is 362 g/mol. The first-order valence-corrected chi connectivity index (χ1v) is 5.64. The molecule has 15 heteroatoms. The van der Waals surface area contributed by atoms with Crippen LogP contribution in [0.2, 0.25) is 0 Å². The van der Waals surface area contributed by atoms with E-state index in [0.717, 1.165) is 0 Å². The summed E-state index contributed by atoms with van der Waals surface area (Å²) in [6.07, 6.45) is -16.6. The standard InChI is InChI=1S/C7H3F9N4OS/c8-5(9,10)1(6(11,12)13)17-3(21)18-4-20-19-2(22-4)7(14,15)16/h1H,(H2,17,18,20,21). The maximum atomic E-state index is 12.1. The van der Waals surface area contributed by atoms with Crippen molar-refractivity contribution in [1.82, 2.24) is 15.5 Å². The van der Waals surface area contributed by atoms with Gasteiger partial charge >= 0.3 is 24.6 Å². The molecule has 22 heavy (non-hydrogen) atoms. The van der Waals surface area contributed by atoms with E-state index in [0.29, 0.717) is 5.32 Å². The SMILES string of the molecule is O=C(Nc1nnc(C(F)(F)F)s1)NC(C(F)(F)F)C(F)(F)F. The smallest absolute Gasteiger partial charge is 0.318 e. The van der Waals surface area contributed by atoms with Gasteiger partial charge in [-0.05, 0) is 0 Å². The van der Waals surface area contributed by atoms with Crippen LogP contribution in [0.5, 0.6) is 0 Å². The van der Waals surface area contributed by atoms with E-state index >= 15 is 0 Å². The number of aromatic nitrogens is 2. The molecule has 2 amide bonds. The second-order valence-electron chi connectivity index (χ2n) is 3.52. The minimum atomic E-state index is -5.84. The minimum Gasteiger partial charge on any atom is -0.318 e. The Kier molecular flexibility index (Phi) is 4.79. The van der Waals surface area contributed by atoms with Gasteiger partial charge in [0.15, 0.2) is 0 Å². The van der Waals surface area contributed by atoms with Crippen LogP contribution in [-0.2, 0) is 6.18 Å². The highest BCUT2D eigenvalue weighted by Crippen LogP contribution is 2.34. The minimum absolute atomic E-state index is 0.271. The number of hydrogen-bond acceptors (Lipinski definition) is 4. The predicted molar refractivity (Wildman–Crippen MR) is 53.0 cm³/mol. The second kappa shape index (κ2) is 5.77. The summed E-state index contributed by atoms with van der Waals surface area (Å²) in [4.78, 5) is 11.0. The van der Waals surface area contributed by atoms with E-state index in [-0.39, 0.29) is 11.3 Å². The molecular weight excluding hydrogens is 359 g/mol. The summed E-state index contributed by atoms with van der Waals surface area (Å²) < 4.78 is 109. The lowest BCUT2D eigenvalue weighted by molar-refractivity contribution is -0.255. The fourth-order valence-corrected chi connectivity index (χ4v) is 1.61. The van der Waals surface area contributed by atoms with Gasteiger partial charge < -0.3 is 5.32 Å². The molecule has 0 spiro atoms. The number of alkyl halides is 9. The topological polar surface area (TPSA) is 66.9 Å². The number of nitrogens with zero attached hydrogens (tertiary/aromatic N) is 2. The summed E-state index contributed by atoms with van der Waals surface area (Å²) >= 11 is -0.271. The van der Waals surface area contributed by atoms with Gasteiger partial charge in [0.2, 0.25) is 16.2 Å². The van der Waals surface area contributed by atoms with Gasteiger partial charge in [0, 0.05) is 0 Å². The summed E-state index contributed by atoms with van der Waals surface area (Å²) in [5, 5.41) is 4.74. The molecular formula is C7H3F9N4OS. The van der Waals surface area contributed by atoms with Gasteiger partial charge in [0.25, 0.3) is 0 Å². The molecule has 0 saturated carbocycles. The third-order valence-corrected chi connectivity index (χ3v) is 2.70. The lowest BCUT2D eigenvalue weighted by Crippen LogP contribution is -2.55. The zero-order chi connectivity index (χ0) is 17.3. The second-order valence-corrected chi connectivity index (χ2v) is 4.50. The molecule has 0 radical (unpaired) electrons. The Hall–Kier alpha value is -1.80. The van der Waals surface area contributed by atoms with Crippen LogP contribution in [0.25, 0.3) is 0 Å². The van der Waals surface area contributed by atoms with Gasteiger partial charge in [-0.3, -0.25) is 5.32 Å². The molecule has 0 aliphatic heterocycles. The van der Waals surface area contributed by atoms with Crippen molar-refractivity contribution in [3.63, 3.8) is 0 Å². The number of amides is 2. The third-order valence-electron chi connectivity index (χ3n) is 1.82. The molecule has 2 N–H and O–H groups in total. The molecule has 1 aromatic rings. The molecule has 0 saturated heterocycles. The Bertz CT molecular complexity index is 519. The highest BCUT2D eigenvalue weighted by molar-refractivity contribution is 7.15.